The summed E-state index contributed by atoms with van der Waals surface area (Å²) in [5, 5.41) is 11.8. The van der Waals surface area contributed by atoms with E-state index in [1.165, 1.54) is 205 Å². The molecule has 0 aromatic carbocycles. The van der Waals surface area contributed by atoms with Crippen molar-refractivity contribution in [1.82, 2.24) is 0 Å². The maximum absolute atomic E-state index is 12.9. The number of esters is 2. The Hall–Kier alpha value is -3.53. The lowest BCUT2D eigenvalue weighted by atomic mass is 10.0. The Morgan fingerprint density at radius 1 is 0.373 bits per heavy atom. The second-order valence-corrected chi connectivity index (χ2v) is 24.4. The first-order valence-corrected chi connectivity index (χ1v) is 34.7. The highest BCUT2D eigenvalue weighted by Gasteiger charge is 2.22. The van der Waals surface area contributed by atoms with E-state index in [1.807, 2.05) is 21.1 Å². The third kappa shape index (κ3) is 65.9. The van der Waals surface area contributed by atoms with Gasteiger partial charge in [0.15, 0.2) is 12.4 Å². The summed E-state index contributed by atoms with van der Waals surface area (Å²) in [6.45, 7) is 4.65. The Kier molecular flexibility index (Phi) is 61.7. The molecule has 0 amide bonds. The Bertz CT molecular complexity index is 1640. The van der Waals surface area contributed by atoms with E-state index in [1.54, 1.807) is 0 Å². The number of carbonyl (C=O) groups is 3. The minimum atomic E-state index is -1.62. The number of carboxylic acids is 1. The van der Waals surface area contributed by atoms with Gasteiger partial charge in [-0.3, -0.25) is 9.59 Å². The lowest BCUT2D eigenvalue weighted by Gasteiger charge is -2.26. The van der Waals surface area contributed by atoms with Crippen LogP contribution in [0.15, 0.2) is 85.1 Å². The molecule has 0 bridgehead atoms. The first kappa shape index (κ1) is 79.5. The summed E-state index contributed by atoms with van der Waals surface area (Å²) in [5.41, 5.74) is 0. The molecule has 2 atom stereocenters. The van der Waals surface area contributed by atoms with Gasteiger partial charge in [0.05, 0.1) is 40.3 Å². The molecular weight excluding hydrogens is 1030 g/mol. The third-order valence-corrected chi connectivity index (χ3v) is 15.1. The van der Waals surface area contributed by atoms with Crippen LogP contribution in [0.1, 0.15) is 309 Å². The number of likely N-dealkylation sites (N-methyl/N-ethyl adjacent to an activating group) is 1. The first-order chi connectivity index (χ1) is 40.6. The van der Waals surface area contributed by atoms with Gasteiger partial charge in [-0.05, 0) is 89.9 Å². The van der Waals surface area contributed by atoms with E-state index in [0.29, 0.717) is 17.4 Å². The fourth-order valence-corrected chi connectivity index (χ4v) is 9.83. The van der Waals surface area contributed by atoms with Crippen molar-refractivity contribution in [2.45, 2.75) is 322 Å². The Morgan fingerprint density at radius 2 is 0.687 bits per heavy atom. The zero-order valence-corrected chi connectivity index (χ0v) is 54.8. The quantitative estimate of drug-likeness (QED) is 0.0195. The molecule has 0 aliphatic rings. The average Bonchev–Trinajstić information content (AvgIpc) is 3.46. The summed E-state index contributed by atoms with van der Waals surface area (Å²) < 4.78 is 22.8. The highest BCUT2D eigenvalue weighted by Crippen LogP contribution is 2.18. The second-order valence-electron chi connectivity index (χ2n) is 24.4. The van der Waals surface area contributed by atoms with Gasteiger partial charge >= 0.3 is 11.9 Å². The molecule has 2 unspecified atom stereocenters. The van der Waals surface area contributed by atoms with Crippen molar-refractivity contribution in [3.8, 4) is 0 Å². The lowest BCUT2D eigenvalue weighted by Crippen LogP contribution is -2.44. The molecule has 0 heterocycles. The molecule has 0 fully saturated rings. The van der Waals surface area contributed by atoms with Gasteiger partial charge in [-0.2, -0.15) is 0 Å². The van der Waals surface area contributed by atoms with Crippen LogP contribution in [-0.4, -0.2) is 82.3 Å². The number of aliphatic carboxylic acids is 1. The standard InChI is InChI=1S/C74H131NO8/c1-6-8-10-12-14-16-18-20-22-24-26-28-29-30-31-32-33-34-35-36-37-38-39-40-41-42-43-45-47-49-51-53-55-57-59-61-63-65-72(77)83-70(69-82-74(73(78)79)80-67-66-75(3,4)5)68-81-71(76)64-62-60-58-56-54-52-50-48-46-44-27-25-23-21-19-17-15-13-11-9-7-2/h8,10,14,16,19-22,25-28,30-31,70,74H,6-7,9,11-13,15,17-18,23-24,29,32-69H2,1-5H3/b10-8-,16-14-,21-19-,22-20-,27-25-,28-26-,31-30-. The van der Waals surface area contributed by atoms with Crippen molar-refractivity contribution in [2.75, 3.05) is 47.5 Å². The fourth-order valence-electron chi connectivity index (χ4n) is 9.83. The highest BCUT2D eigenvalue weighted by molar-refractivity contribution is 5.70. The molecular formula is C74H131NO8. The largest absolute Gasteiger partial charge is 0.545 e. The topological polar surface area (TPSA) is 111 Å². The van der Waals surface area contributed by atoms with Crippen molar-refractivity contribution in [3.63, 3.8) is 0 Å². The van der Waals surface area contributed by atoms with Gasteiger partial charge < -0.3 is 33.3 Å². The lowest BCUT2D eigenvalue weighted by molar-refractivity contribution is -0.870. The predicted octanol–water partition coefficient (Wildman–Crippen LogP) is 20.1. The van der Waals surface area contributed by atoms with Gasteiger partial charge in [-0.1, -0.05) is 292 Å². The normalized spacial score (nSPS) is 13.2. The maximum atomic E-state index is 12.9. The van der Waals surface area contributed by atoms with Crippen LogP contribution in [0.25, 0.3) is 0 Å². The van der Waals surface area contributed by atoms with Gasteiger partial charge in [0.1, 0.15) is 13.2 Å². The van der Waals surface area contributed by atoms with Crippen molar-refractivity contribution in [3.05, 3.63) is 85.1 Å². The first-order valence-electron chi connectivity index (χ1n) is 34.7. The summed E-state index contributed by atoms with van der Waals surface area (Å²) in [6, 6.07) is 0. The molecule has 9 heteroatoms. The number of carbonyl (C=O) groups excluding carboxylic acids is 3. The number of carboxylic acid groups (broad SMARTS) is 1. The molecule has 0 radical (unpaired) electrons. The summed E-state index contributed by atoms with van der Waals surface area (Å²) in [7, 11) is 5.93. The predicted molar refractivity (Wildman–Crippen MR) is 352 cm³/mol. The van der Waals surface area contributed by atoms with E-state index in [-0.39, 0.29) is 38.6 Å². The van der Waals surface area contributed by atoms with Gasteiger partial charge in [-0.25, -0.2) is 0 Å². The molecule has 0 aliphatic heterocycles. The molecule has 9 nitrogen and oxygen atoms in total. The number of ether oxygens (including phenoxy) is 4. The molecule has 83 heavy (non-hydrogen) atoms. The zero-order chi connectivity index (χ0) is 60.5. The molecule has 0 aromatic heterocycles. The third-order valence-electron chi connectivity index (χ3n) is 15.1. The number of quaternary nitrogens is 1. The average molecular weight is 1160 g/mol. The van der Waals surface area contributed by atoms with Crippen LogP contribution in [0, 0.1) is 0 Å². The highest BCUT2D eigenvalue weighted by atomic mass is 16.7. The molecule has 0 saturated heterocycles. The van der Waals surface area contributed by atoms with E-state index < -0.39 is 24.3 Å². The van der Waals surface area contributed by atoms with E-state index in [2.05, 4.69) is 98.9 Å². The van der Waals surface area contributed by atoms with Crippen LogP contribution in [0.3, 0.4) is 0 Å². The number of allylic oxidation sites excluding steroid dienone is 14. The molecule has 0 N–H and O–H groups in total. The number of rotatable bonds is 64. The second kappa shape index (κ2) is 64.5. The minimum absolute atomic E-state index is 0.146. The molecule has 0 rings (SSSR count). The van der Waals surface area contributed by atoms with E-state index in [9.17, 15) is 19.5 Å². The van der Waals surface area contributed by atoms with Crippen LogP contribution >= 0.6 is 0 Å². The van der Waals surface area contributed by atoms with Crippen LogP contribution in [0.4, 0.5) is 0 Å². The molecule has 0 aliphatic carbocycles. The monoisotopic (exact) mass is 1160 g/mol. The maximum Gasteiger partial charge on any atom is 0.306 e. The molecule has 0 spiro atoms. The summed E-state index contributed by atoms with van der Waals surface area (Å²) in [5.74, 6) is -2.27. The number of hydrogen-bond acceptors (Lipinski definition) is 8. The summed E-state index contributed by atoms with van der Waals surface area (Å²) in [4.78, 5) is 37.4. The Morgan fingerprint density at radius 3 is 1.02 bits per heavy atom. The van der Waals surface area contributed by atoms with E-state index >= 15 is 0 Å². The van der Waals surface area contributed by atoms with Crippen LogP contribution in [-0.2, 0) is 33.3 Å². The van der Waals surface area contributed by atoms with Crippen LogP contribution in [0.5, 0.6) is 0 Å². The van der Waals surface area contributed by atoms with Gasteiger partial charge in [0.25, 0.3) is 0 Å². The summed E-state index contributed by atoms with van der Waals surface area (Å²) >= 11 is 0. The zero-order valence-electron chi connectivity index (χ0n) is 54.8. The van der Waals surface area contributed by atoms with Gasteiger partial charge in [0.2, 0.25) is 0 Å². The number of nitrogens with zero attached hydrogens (tertiary/aromatic N) is 1. The van der Waals surface area contributed by atoms with Crippen molar-refractivity contribution in [2.24, 2.45) is 0 Å². The Balaban J connectivity index is 4.05. The van der Waals surface area contributed by atoms with Crippen molar-refractivity contribution >= 4 is 17.9 Å². The van der Waals surface area contributed by atoms with E-state index in [4.69, 9.17) is 18.9 Å². The fraction of sp³-hybridized carbons (Fsp3) is 0.770. The van der Waals surface area contributed by atoms with Gasteiger partial charge in [0, 0.05) is 12.8 Å². The summed E-state index contributed by atoms with van der Waals surface area (Å²) in [6.07, 6.45) is 83.8. The molecule has 0 saturated carbocycles. The Labute approximate surface area is 512 Å². The SMILES string of the molecule is CC/C=C\C/C=C\C/C=C\C/C=C\C/C=C\CCCCCCCCCCCCCCCCCCCCCCCC(=O)OC(COC(=O)CCCCCCCCCCC/C=C\C/C=C\CCCCCCC)COC(OCC[N+](C)(C)C)C(=O)[O-]. The van der Waals surface area contributed by atoms with Crippen molar-refractivity contribution < 1.29 is 42.9 Å². The van der Waals surface area contributed by atoms with Gasteiger partial charge in [-0.15, -0.1) is 0 Å². The minimum Gasteiger partial charge on any atom is -0.545 e. The molecule has 0 aromatic rings. The smallest absolute Gasteiger partial charge is 0.306 e. The molecule has 480 valence electrons. The number of unbranched alkanes of at least 4 members (excludes halogenated alkanes) is 35. The van der Waals surface area contributed by atoms with Crippen LogP contribution < -0.4 is 5.11 Å². The number of hydrogen-bond donors (Lipinski definition) is 0. The van der Waals surface area contributed by atoms with Crippen LogP contribution in [0.2, 0.25) is 0 Å². The van der Waals surface area contributed by atoms with Crippen molar-refractivity contribution in [1.29, 1.82) is 0 Å². The van der Waals surface area contributed by atoms with E-state index in [0.717, 1.165) is 70.6 Å².